The SMILES string of the molecule is COC1=C(C)C(=O)O/C1=C1/C(=O)Oc2c1cc(OC(C)=O)c(OC)c2C. The van der Waals surface area contributed by atoms with Crippen LogP contribution in [0.4, 0.5) is 0 Å². The number of hydrogen-bond acceptors (Lipinski definition) is 8. The third-order valence-electron chi connectivity index (χ3n) is 4.03. The summed E-state index contributed by atoms with van der Waals surface area (Å²) in [4.78, 5) is 35.7. The Morgan fingerprint density at radius 1 is 1.04 bits per heavy atom. The third kappa shape index (κ3) is 2.50. The fourth-order valence-corrected chi connectivity index (χ4v) is 2.91. The van der Waals surface area contributed by atoms with Gasteiger partial charge in [-0.3, -0.25) is 4.79 Å². The molecule has 0 bridgehead atoms. The zero-order valence-corrected chi connectivity index (χ0v) is 14.8. The van der Waals surface area contributed by atoms with Crippen LogP contribution >= 0.6 is 0 Å². The number of benzene rings is 1. The van der Waals surface area contributed by atoms with Crippen molar-refractivity contribution in [1.29, 1.82) is 0 Å². The van der Waals surface area contributed by atoms with Crippen LogP contribution in [0, 0.1) is 6.92 Å². The lowest BCUT2D eigenvalue weighted by molar-refractivity contribution is -0.133. The Morgan fingerprint density at radius 3 is 2.31 bits per heavy atom. The van der Waals surface area contributed by atoms with Crippen molar-refractivity contribution in [3.05, 3.63) is 34.3 Å². The van der Waals surface area contributed by atoms with Gasteiger partial charge in [0, 0.05) is 18.1 Å². The highest BCUT2D eigenvalue weighted by Gasteiger charge is 2.40. The monoisotopic (exact) mass is 360 g/mol. The molecule has 0 spiro atoms. The second kappa shape index (κ2) is 6.21. The minimum atomic E-state index is -0.711. The molecule has 8 nitrogen and oxygen atoms in total. The van der Waals surface area contributed by atoms with Crippen LogP contribution in [0.2, 0.25) is 0 Å². The van der Waals surface area contributed by atoms with E-state index in [1.165, 1.54) is 34.1 Å². The number of methoxy groups -OCH3 is 2. The normalized spacial score (nSPS) is 18.5. The van der Waals surface area contributed by atoms with E-state index in [-0.39, 0.29) is 39.9 Å². The summed E-state index contributed by atoms with van der Waals surface area (Å²) in [5.74, 6) is -1.14. The molecule has 0 radical (unpaired) electrons. The fourth-order valence-electron chi connectivity index (χ4n) is 2.91. The summed E-state index contributed by atoms with van der Waals surface area (Å²) in [5, 5.41) is 0. The van der Waals surface area contributed by atoms with Crippen molar-refractivity contribution >= 4 is 23.5 Å². The Hall–Kier alpha value is -3.29. The van der Waals surface area contributed by atoms with Crippen molar-refractivity contribution < 1.29 is 38.1 Å². The number of carbonyl (C=O) groups is 3. The molecule has 0 fully saturated rings. The van der Waals surface area contributed by atoms with E-state index < -0.39 is 17.9 Å². The molecule has 26 heavy (non-hydrogen) atoms. The number of cyclic esters (lactones) is 1. The Labute approximate surface area is 148 Å². The summed E-state index contributed by atoms with van der Waals surface area (Å²) >= 11 is 0. The van der Waals surface area contributed by atoms with E-state index in [4.69, 9.17) is 23.7 Å². The molecular formula is C18H16O8. The van der Waals surface area contributed by atoms with Gasteiger partial charge in [-0.25, -0.2) is 9.59 Å². The number of esters is 3. The first-order valence-corrected chi connectivity index (χ1v) is 7.64. The molecule has 1 aromatic carbocycles. The lowest BCUT2D eigenvalue weighted by atomic mass is 10.0. The number of ether oxygens (including phenoxy) is 5. The van der Waals surface area contributed by atoms with Crippen LogP contribution in [0.1, 0.15) is 25.0 Å². The van der Waals surface area contributed by atoms with Crippen molar-refractivity contribution in [2.24, 2.45) is 0 Å². The zero-order chi connectivity index (χ0) is 19.2. The smallest absolute Gasteiger partial charge is 0.348 e. The summed E-state index contributed by atoms with van der Waals surface area (Å²) in [6, 6.07) is 1.44. The van der Waals surface area contributed by atoms with E-state index in [0.29, 0.717) is 11.1 Å². The largest absolute Gasteiger partial charge is 0.492 e. The molecule has 0 N–H and O–H groups in total. The van der Waals surface area contributed by atoms with Crippen molar-refractivity contribution in [3.8, 4) is 17.2 Å². The minimum Gasteiger partial charge on any atom is -0.492 e. The summed E-state index contributed by atoms with van der Waals surface area (Å²) in [7, 11) is 2.78. The molecule has 136 valence electrons. The standard InChI is InChI=1S/C18H16O8/c1-7-13-10(6-11(14(7)22-4)24-9(3)19)12(18(21)25-13)16-15(23-5)8(2)17(20)26-16/h6H,1-5H3/b16-12+. The van der Waals surface area contributed by atoms with E-state index >= 15 is 0 Å². The lowest BCUT2D eigenvalue weighted by Crippen LogP contribution is -2.06. The number of carbonyl (C=O) groups excluding carboxylic acids is 3. The average molecular weight is 360 g/mol. The molecule has 2 heterocycles. The summed E-state index contributed by atoms with van der Waals surface area (Å²) in [5.41, 5.74) is 1.04. The Kier molecular flexibility index (Phi) is 4.19. The van der Waals surface area contributed by atoms with Crippen LogP contribution in [0.15, 0.2) is 23.2 Å². The Balaban J connectivity index is 2.28. The van der Waals surface area contributed by atoms with Crippen LogP contribution in [-0.2, 0) is 23.9 Å². The average Bonchev–Trinajstić information content (AvgIpc) is 3.04. The maximum atomic E-state index is 12.5. The first kappa shape index (κ1) is 17.5. The lowest BCUT2D eigenvalue weighted by Gasteiger charge is -2.13. The van der Waals surface area contributed by atoms with E-state index in [0.717, 1.165) is 0 Å². The molecule has 0 unspecified atom stereocenters. The maximum Gasteiger partial charge on any atom is 0.348 e. The topological polar surface area (TPSA) is 97.4 Å². The molecule has 0 aromatic heterocycles. The van der Waals surface area contributed by atoms with E-state index in [9.17, 15) is 14.4 Å². The van der Waals surface area contributed by atoms with Gasteiger partial charge in [0.1, 0.15) is 11.3 Å². The van der Waals surface area contributed by atoms with Crippen molar-refractivity contribution in [3.63, 3.8) is 0 Å². The molecule has 0 saturated heterocycles. The van der Waals surface area contributed by atoms with Crippen LogP contribution in [0.3, 0.4) is 0 Å². The molecule has 3 rings (SSSR count). The predicted molar refractivity (Wildman–Crippen MR) is 87.4 cm³/mol. The van der Waals surface area contributed by atoms with Crippen molar-refractivity contribution in [2.45, 2.75) is 20.8 Å². The van der Waals surface area contributed by atoms with Gasteiger partial charge in [-0.05, 0) is 19.9 Å². The molecule has 0 atom stereocenters. The van der Waals surface area contributed by atoms with Gasteiger partial charge in [0.2, 0.25) is 0 Å². The number of rotatable bonds is 3. The molecule has 0 saturated carbocycles. The first-order chi connectivity index (χ1) is 12.3. The van der Waals surface area contributed by atoms with Crippen LogP contribution < -0.4 is 14.2 Å². The van der Waals surface area contributed by atoms with Gasteiger partial charge in [-0.2, -0.15) is 0 Å². The second-order valence-corrected chi connectivity index (χ2v) is 5.64. The molecule has 0 amide bonds. The molecule has 2 aliphatic heterocycles. The number of fused-ring (bicyclic) bond motifs is 1. The van der Waals surface area contributed by atoms with E-state index in [1.807, 2.05) is 0 Å². The van der Waals surface area contributed by atoms with Gasteiger partial charge in [0.05, 0.1) is 19.8 Å². The zero-order valence-electron chi connectivity index (χ0n) is 14.8. The van der Waals surface area contributed by atoms with Crippen LogP contribution in [-0.4, -0.2) is 32.1 Å². The van der Waals surface area contributed by atoms with Crippen molar-refractivity contribution in [2.75, 3.05) is 14.2 Å². The molecule has 8 heteroatoms. The molecule has 1 aromatic rings. The summed E-state index contributed by atoms with van der Waals surface area (Å²) < 4.78 is 26.2. The summed E-state index contributed by atoms with van der Waals surface area (Å²) in [6.45, 7) is 4.43. The molecule has 0 aliphatic carbocycles. The number of hydrogen-bond donors (Lipinski definition) is 0. The molecule has 2 aliphatic rings. The quantitative estimate of drug-likeness (QED) is 0.459. The first-order valence-electron chi connectivity index (χ1n) is 7.64. The Morgan fingerprint density at radius 2 is 1.73 bits per heavy atom. The highest BCUT2D eigenvalue weighted by atomic mass is 16.6. The van der Waals surface area contributed by atoms with Crippen LogP contribution in [0.5, 0.6) is 17.2 Å². The van der Waals surface area contributed by atoms with Crippen molar-refractivity contribution in [1.82, 2.24) is 0 Å². The Bertz CT molecular complexity index is 920. The van der Waals surface area contributed by atoms with Gasteiger partial charge < -0.3 is 23.7 Å². The third-order valence-corrected chi connectivity index (χ3v) is 4.03. The maximum absolute atomic E-state index is 12.5. The predicted octanol–water partition coefficient (Wildman–Crippen LogP) is 2.04. The highest BCUT2D eigenvalue weighted by molar-refractivity contribution is 6.24. The van der Waals surface area contributed by atoms with Gasteiger partial charge in [0.15, 0.2) is 23.0 Å². The minimum absolute atomic E-state index is 0.0150. The van der Waals surface area contributed by atoms with Gasteiger partial charge in [-0.15, -0.1) is 0 Å². The van der Waals surface area contributed by atoms with Gasteiger partial charge in [0.25, 0.3) is 0 Å². The van der Waals surface area contributed by atoms with E-state index in [1.54, 1.807) is 6.92 Å². The van der Waals surface area contributed by atoms with Gasteiger partial charge in [-0.1, -0.05) is 0 Å². The van der Waals surface area contributed by atoms with Gasteiger partial charge >= 0.3 is 17.9 Å². The van der Waals surface area contributed by atoms with Crippen LogP contribution in [0.25, 0.3) is 5.57 Å². The molecular weight excluding hydrogens is 344 g/mol. The highest BCUT2D eigenvalue weighted by Crippen LogP contribution is 2.48. The summed E-state index contributed by atoms with van der Waals surface area (Å²) in [6.07, 6.45) is 0. The second-order valence-electron chi connectivity index (χ2n) is 5.64. The van der Waals surface area contributed by atoms with E-state index in [2.05, 4.69) is 0 Å². The fraction of sp³-hybridized carbons (Fsp3) is 0.278.